The monoisotopic (exact) mass is 489 g/mol. The minimum absolute atomic E-state index is 0.0776. The molecule has 0 bridgehead atoms. The normalized spacial score (nSPS) is 18.2. The molecule has 1 aliphatic rings. The highest BCUT2D eigenvalue weighted by Crippen LogP contribution is 2.31. The smallest absolute Gasteiger partial charge is 0.416 e. The van der Waals surface area contributed by atoms with Gasteiger partial charge >= 0.3 is 12.1 Å². The van der Waals surface area contributed by atoms with Crippen molar-refractivity contribution in [2.24, 2.45) is 0 Å². The number of benzene rings is 1. The van der Waals surface area contributed by atoms with E-state index < -0.39 is 44.2 Å². The second-order valence-corrected chi connectivity index (χ2v) is 9.64. The first kappa shape index (κ1) is 22.2. The molecule has 15 heteroatoms. The van der Waals surface area contributed by atoms with Gasteiger partial charge in [0, 0.05) is 31.9 Å². The Morgan fingerprint density at radius 2 is 1.84 bits per heavy atom. The van der Waals surface area contributed by atoms with Gasteiger partial charge in [0.2, 0.25) is 20.1 Å². The zero-order valence-electron chi connectivity index (χ0n) is 15.9. The zero-order chi connectivity index (χ0) is 23.3. The van der Waals surface area contributed by atoms with Gasteiger partial charge in [0.05, 0.1) is 10.5 Å². The van der Waals surface area contributed by atoms with Crippen LogP contribution in [-0.2, 0) is 21.0 Å². The summed E-state index contributed by atoms with van der Waals surface area (Å²) in [5.41, 5.74) is -1.48. The van der Waals surface area contributed by atoms with Crippen LogP contribution >= 0.6 is 11.3 Å². The van der Waals surface area contributed by atoms with E-state index in [1.54, 1.807) is 4.90 Å². The van der Waals surface area contributed by atoms with Crippen LogP contribution in [0.3, 0.4) is 0 Å². The van der Waals surface area contributed by atoms with Crippen LogP contribution in [0.4, 0.5) is 18.3 Å². The first-order valence-corrected chi connectivity index (χ1v) is 11.3. The molecule has 1 aliphatic heterocycles. The van der Waals surface area contributed by atoms with Crippen LogP contribution in [0.2, 0.25) is 0 Å². The summed E-state index contributed by atoms with van der Waals surface area (Å²) in [6.45, 7) is -0.408. The van der Waals surface area contributed by atoms with E-state index in [2.05, 4.69) is 10.1 Å². The maximum Gasteiger partial charge on any atom is 0.416 e. The molecule has 1 N–H and O–H groups in total. The minimum atomic E-state index is -4.63. The van der Waals surface area contributed by atoms with Crippen molar-refractivity contribution in [3.8, 4) is 0 Å². The molecule has 1 aromatic carbocycles. The number of sulfonamides is 1. The molecule has 1 fully saturated rings. The van der Waals surface area contributed by atoms with Crippen LogP contribution in [0.1, 0.15) is 5.56 Å². The summed E-state index contributed by atoms with van der Waals surface area (Å²) in [6.07, 6.45) is -3.22. The Hall–Kier alpha value is -3.04. The van der Waals surface area contributed by atoms with Gasteiger partial charge in [0.1, 0.15) is 6.04 Å². The van der Waals surface area contributed by atoms with Crippen LogP contribution in [0.25, 0.3) is 4.96 Å². The number of hydrogen-bond donors (Lipinski definition) is 1. The van der Waals surface area contributed by atoms with Gasteiger partial charge in [0.15, 0.2) is 0 Å². The molecular weight excluding hydrogens is 475 g/mol. The molecule has 170 valence electrons. The highest BCUT2D eigenvalue weighted by molar-refractivity contribution is 7.89. The summed E-state index contributed by atoms with van der Waals surface area (Å²) >= 11 is 1.04. The van der Waals surface area contributed by atoms with Gasteiger partial charge in [-0.05, 0) is 24.3 Å². The lowest BCUT2D eigenvalue weighted by molar-refractivity contribution is -0.141. The van der Waals surface area contributed by atoms with Crippen LogP contribution < -0.4 is 10.5 Å². The summed E-state index contributed by atoms with van der Waals surface area (Å²) in [5.74, 6) is -1.42. The van der Waals surface area contributed by atoms with E-state index in [1.165, 1.54) is 16.8 Å². The highest BCUT2D eigenvalue weighted by Gasteiger charge is 2.41. The fourth-order valence-electron chi connectivity index (χ4n) is 3.23. The number of rotatable bonds is 4. The summed E-state index contributed by atoms with van der Waals surface area (Å²) in [7, 11) is -4.37. The average Bonchev–Trinajstić information content (AvgIpc) is 3.16. The van der Waals surface area contributed by atoms with E-state index >= 15 is 0 Å². The number of nitrogens with zero attached hydrogens (tertiary/aromatic N) is 5. The second-order valence-electron chi connectivity index (χ2n) is 6.82. The second kappa shape index (κ2) is 7.83. The standard InChI is InChI=1S/C17H14F3N5O5S2/c18-17(19,20)10-1-3-11(4-2-10)32(29,30)25-8-7-23(9-12(25)14(27)28)16-22-24-6-5-13(26)21-15(24)31-16/h1-6,12H,7-9H2,(H,27,28)/t12-/m1/s1. The van der Waals surface area contributed by atoms with E-state index in [0.717, 1.165) is 27.8 Å². The van der Waals surface area contributed by atoms with Crippen LogP contribution in [0.5, 0.6) is 0 Å². The van der Waals surface area contributed by atoms with E-state index in [0.29, 0.717) is 22.2 Å². The fraction of sp³-hybridized carbons (Fsp3) is 0.294. The molecule has 4 rings (SSSR count). The Morgan fingerprint density at radius 1 is 1.16 bits per heavy atom. The van der Waals surface area contributed by atoms with Gasteiger partial charge in [-0.25, -0.2) is 12.9 Å². The number of hydrogen-bond acceptors (Lipinski definition) is 8. The molecule has 0 saturated carbocycles. The van der Waals surface area contributed by atoms with Crippen LogP contribution in [0.15, 0.2) is 46.2 Å². The van der Waals surface area contributed by atoms with E-state index in [4.69, 9.17) is 0 Å². The maximum atomic E-state index is 13.0. The molecule has 3 heterocycles. The first-order valence-electron chi connectivity index (χ1n) is 9.00. The summed E-state index contributed by atoms with van der Waals surface area (Å²) in [6, 6.07) is 2.59. The fourth-order valence-corrected chi connectivity index (χ4v) is 5.71. The first-order chi connectivity index (χ1) is 15.0. The predicted molar refractivity (Wildman–Crippen MR) is 106 cm³/mol. The number of carbonyl (C=O) groups is 1. The summed E-state index contributed by atoms with van der Waals surface area (Å²) in [4.78, 5) is 28.5. The van der Waals surface area contributed by atoms with E-state index in [9.17, 15) is 36.3 Å². The number of alkyl halides is 3. The molecule has 0 spiro atoms. The number of aliphatic carboxylic acids is 1. The van der Waals surface area contributed by atoms with Crippen LogP contribution in [-0.4, -0.2) is 64.1 Å². The Kier molecular flexibility index (Phi) is 5.42. The molecule has 0 amide bonds. The number of aromatic nitrogens is 3. The van der Waals surface area contributed by atoms with Gasteiger partial charge in [-0.1, -0.05) is 11.3 Å². The Labute approximate surface area is 182 Å². The Bertz CT molecular complexity index is 1340. The molecule has 0 unspecified atom stereocenters. The van der Waals surface area contributed by atoms with Crippen molar-refractivity contribution in [1.29, 1.82) is 0 Å². The zero-order valence-corrected chi connectivity index (χ0v) is 17.6. The van der Waals surface area contributed by atoms with Crippen molar-refractivity contribution in [3.63, 3.8) is 0 Å². The molecule has 0 radical (unpaired) electrons. The lowest BCUT2D eigenvalue weighted by Gasteiger charge is -2.38. The van der Waals surface area contributed by atoms with Gasteiger partial charge < -0.3 is 10.0 Å². The van der Waals surface area contributed by atoms with Crippen molar-refractivity contribution in [3.05, 3.63) is 52.4 Å². The highest BCUT2D eigenvalue weighted by atomic mass is 32.2. The Balaban J connectivity index is 1.61. The van der Waals surface area contributed by atoms with Crippen molar-refractivity contribution < 1.29 is 31.5 Å². The molecule has 1 atom stereocenters. The van der Waals surface area contributed by atoms with Crippen LogP contribution in [0, 0.1) is 0 Å². The molecule has 3 aromatic rings. The number of carboxylic acids is 1. The van der Waals surface area contributed by atoms with Gasteiger partial charge in [0.25, 0.3) is 5.56 Å². The van der Waals surface area contributed by atoms with Gasteiger partial charge in [-0.15, -0.1) is 5.10 Å². The topological polar surface area (TPSA) is 125 Å². The number of anilines is 1. The molecule has 0 aliphatic carbocycles. The molecule has 32 heavy (non-hydrogen) atoms. The number of carboxylic acid groups (broad SMARTS) is 1. The number of halogens is 3. The maximum absolute atomic E-state index is 13.0. The molecule has 10 nitrogen and oxygen atoms in total. The van der Waals surface area contributed by atoms with Gasteiger partial charge in [-0.2, -0.15) is 22.5 Å². The van der Waals surface area contributed by atoms with Crippen molar-refractivity contribution in [2.45, 2.75) is 17.1 Å². The third kappa shape index (κ3) is 4.05. The number of fused-ring (bicyclic) bond motifs is 1. The van der Waals surface area contributed by atoms with Crippen molar-refractivity contribution in [1.82, 2.24) is 18.9 Å². The van der Waals surface area contributed by atoms with Crippen molar-refractivity contribution in [2.75, 3.05) is 24.5 Å². The van der Waals surface area contributed by atoms with Gasteiger partial charge in [-0.3, -0.25) is 9.59 Å². The minimum Gasteiger partial charge on any atom is -0.480 e. The lowest BCUT2D eigenvalue weighted by atomic mass is 10.2. The third-order valence-corrected chi connectivity index (χ3v) is 7.72. The summed E-state index contributed by atoms with van der Waals surface area (Å²) < 4.78 is 66.4. The predicted octanol–water partition coefficient (Wildman–Crippen LogP) is 1.13. The summed E-state index contributed by atoms with van der Waals surface area (Å²) in [5, 5.41) is 14.2. The average molecular weight is 489 g/mol. The van der Waals surface area contributed by atoms with E-state index in [-0.39, 0.29) is 19.6 Å². The largest absolute Gasteiger partial charge is 0.480 e. The quantitative estimate of drug-likeness (QED) is 0.578. The van der Waals surface area contributed by atoms with Crippen molar-refractivity contribution >= 4 is 37.4 Å². The Morgan fingerprint density at radius 3 is 2.47 bits per heavy atom. The molecular formula is C17H14F3N5O5S2. The van der Waals surface area contributed by atoms with E-state index in [1.807, 2.05) is 0 Å². The SMILES string of the molecule is O=C(O)[C@H]1CN(c2nn3ccc(=O)nc3s2)CCN1S(=O)(=O)c1ccc(C(F)(F)F)cc1. The lowest BCUT2D eigenvalue weighted by Crippen LogP contribution is -2.58. The molecule has 1 saturated heterocycles. The third-order valence-electron chi connectivity index (χ3n) is 4.81. The number of piperazine rings is 1. The molecule has 2 aromatic heterocycles.